The quantitative estimate of drug-likeness (QED) is 0.354. The molecule has 2 N–H and O–H groups in total. The van der Waals surface area contributed by atoms with Gasteiger partial charge < -0.3 is 24.4 Å². The highest BCUT2D eigenvalue weighted by molar-refractivity contribution is 6.39. The first kappa shape index (κ1) is 23.7. The molecule has 0 bridgehead atoms. The average molecular weight is 454 g/mol. The lowest BCUT2D eigenvalue weighted by Gasteiger charge is -2.26. The zero-order valence-electron chi connectivity index (χ0n) is 18.3. The molecule has 1 fully saturated rings. The Hall–Kier alpha value is -3.92. The highest BCUT2D eigenvalue weighted by Crippen LogP contribution is 2.23. The summed E-state index contributed by atoms with van der Waals surface area (Å²) in [6.07, 6.45) is 1.34. The molecule has 1 heterocycles. The van der Waals surface area contributed by atoms with Crippen molar-refractivity contribution < 1.29 is 28.6 Å². The molecule has 0 radical (unpaired) electrons. The number of carbonyl (C=O) groups excluding carboxylic acids is 3. The third-order valence-corrected chi connectivity index (χ3v) is 4.65. The van der Waals surface area contributed by atoms with Crippen LogP contribution in [0.15, 0.2) is 53.6 Å². The predicted molar refractivity (Wildman–Crippen MR) is 121 cm³/mol. The summed E-state index contributed by atoms with van der Waals surface area (Å²) in [6, 6.07) is 13.7. The number of hydrogen-bond acceptors (Lipinski definition) is 7. The second-order valence-electron chi connectivity index (χ2n) is 6.90. The van der Waals surface area contributed by atoms with E-state index in [1.54, 1.807) is 53.4 Å². The van der Waals surface area contributed by atoms with Gasteiger partial charge in [-0.3, -0.25) is 14.4 Å². The van der Waals surface area contributed by atoms with Crippen molar-refractivity contribution >= 4 is 29.6 Å². The normalized spacial score (nSPS) is 13.4. The monoisotopic (exact) mass is 454 g/mol. The fraction of sp³-hybridized carbons (Fsp3) is 0.304. The molecule has 2 aromatic rings. The molecule has 33 heavy (non-hydrogen) atoms. The number of amides is 3. The zero-order valence-corrected chi connectivity index (χ0v) is 18.3. The molecule has 1 aliphatic rings. The van der Waals surface area contributed by atoms with Gasteiger partial charge in [0.15, 0.2) is 6.61 Å². The van der Waals surface area contributed by atoms with E-state index in [0.717, 1.165) is 0 Å². The minimum atomic E-state index is -0.946. The molecule has 174 valence electrons. The molecule has 1 saturated heterocycles. The van der Waals surface area contributed by atoms with Gasteiger partial charge in [-0.25, -0.2) is 5.43 Å². The van der Waals surface area contributed by atoms with Gasteiger partial charge >= 0.3 is 11.8 Å². The summed E-state index contributed by atoms with van der Waals surface area (Å²) in [5.41, 5.74) is 3.10. The van der Waals surface area contributed by atoms with Gasteiger partial charge in [-0.1, -0.05) is 24.3 Å². The number of nitrogens with zero attached hydrogens (tertiary/aromatic N) is 2. The number of rotatable bonds is 8. The standard InChI is InChI=1S/C23H26N4O6/c1-2-32-20-10-6-4-8-18(20)25-22(29)23(30)26-24-15-17-7-3-5-9-19(17)33-16-21(28)27-11-13-31-14-12-27/h3-10,15H,2,11-14,16H2,1H3,(H,25,29)(H,26,30)/b24-15-. The Morgan fingerprint density at radius 1 is 1.00 bits per heavy atom. The Morgan fingerprint density at radius 2 is 1.70 bits per heavy atom. The molecule has 0 saturated carbocycles. The summed E-state index contributed by atoms with van der Waals surface area (Å²) in [4.78, 5) is 38.3. The second kappa shape index (κ2) is 12.2. The molecular weight excluding hydrogens is 428 g/mol. The number of nitrogens with one attached hydrogen (secondary N) is 2. The first-order valence-electron chi connectivity index (χ1n) is 10.5. The van der Waals surface area contributed by atoms with E-state index in [9.17, 15) is 14.4 Å². The van der Waals surface area contributed by atoms with Gasteiger partial charge in [-0.2, -0.15) is 5.10 Å². The third-order valence-electron chi connectivity index (χ3n) is 4.65. The molecule has 10 heteroatoms. The van der Waals surface area contributed by atoms with Crippen LogP contribution in [-0.2, 0) is 19.1 Å². The van der Waals surface area contributed by atoms with Crippen LogP contribution in [0.2, 0.25) is 0 Å². The predicted octanol–water partition coefficient (Wildman–Crippen LogP) is 1.41. The summed E-state index contributed by atoms with van der Waals surface area (Å²) in [7, 11) is 0. The number of anilines is 1. The van der Waals surface area contributed by atoms with Gasteiger partial charge in [0.1, 0.15) is 11.5 Å². The minimum Gasteiger partial charge on any atom is -0.492 e. The Kier molecular flexibility index (Phi) is 8.78. The third kappa shape index (κ3) is 7.04. The van der Waals surface area contributed by atoms with Gasteiger partial charge in [-0.05, 0) is 31.2 Å². The molecule has 1 aliphatic heterocycles. The lowest BCUT2D eigenvalue weighted by molar-refractivity contribution is -0.137. The summed E-state index contributed by atoms with van der Waals surface area (Å²) in [5, 5.41) is 6.33. The number of benzene rings is 2. The number of hydrogen-bond donors (Lipinski definition) is 2. The number of carbonyl (C=O) groups is 3. The maximum atomic E-state index is 12.3. The molecule has 3 rings (SSSR count). The van der Waals surface area contributed by atoms with E-state index in [2.05, 4.69) is 15.8 Å². The molecule has 3 amide bonds. The van der Waals surface area contributed by atoms with Gasteiger partial charge in [0.25, 0.3) is 5.91 Å². The average Bonchev–Trinajstić information content (AvgIpc) is 2.85. The van der Waals surface area contributed by atoms with Crippen molar-refractivity contribution in [1.29, 1.82) is 0 Å². The van der Waals surface area contributed by atoms with Crippen LogP contribution in [0.5, 0.6) is 11.5 Å². The summed E-state index contributed by atoms with van der Waals surface area (Å²) in [6.45, 7) is 4.21. The van der Waals surface area contributed by atoms with Crippen molar-refractivity contribution in [3.05, 3.63) is 54.1 Å². The largest absolute Gasteiger partial charge is 0.492 e. The van der Waals surface area contributed by atoms with E-state index in [1.165, 1.54) is 6.21 Å². The van der Waals surface area contributed by atoms with Crippen LogP contribution >= 0.6 is 0 Å². The highest BCUT2D eigenvalue weighted by Gasteiger charge is 2.18. The van der Waals surface area contributed by atoms with Crippen molar-refractivity contribution in [2.45, 2.75) is 6.92 Å². The fourth-order valence-electron chi connectivity index (χ4n) is 3.00. The maximum Gasteiger partial charge on any atom is 0.329 e. The fourth-order valence-corrected chi connectivity index (χ4v) is 3.00. The zero-order chi connectivity index (χ0) is 23.5. The van der Waals surface area contributed by atoms with Gasteiger partial charge in [0, 0.05) is 18.7 Å². The second-order valence-corrected chi connectivity index (χ2v) is 6.90. The Balaban J connectivity index is 1.54. The van der Waals surface area contributed by atoms with Crippen LogP contribution in [0.3, 0.4) is 0 Å². The first-order chi connectivity index (χ1) is 16.1. The van der Waals surface area contributed by atoms with Crippen LogP contribution in [0, 0.1) is 0 Å². The number of hydrazone groups is 1. The van der Waals surface area contributed by atoms with E-state index < -0.39 is 11.8 Å². The van der Waals surface area contributed by atoms with Gasteiger partial charge in [0.2, 0.25) is 0 Å². The molecule has 0 aromatic heterocycles. The van der Waals surface area contributed by atoms with Gasteiger partial charge in [-0.15, -0.1) is 0 Å². The van der Waals surface area contributed by atoms with E-state index in [1.807, 2.05) is 6.92 Å². The van der Waals surface area contributed by atoms with Gasteiger partial charge in [0.05, 0.1) is 31.7 Å². The lowest BCUT2D eigenvalue weighted by Crippen LogP contribution is -2.43. The number of ether oxygens (including phenoxy) is 3. The summed E-state index contributed by atoms with van der Waals surface area (Å²) in [5.74, 6) is -1.09. The Labute approximate surface area is 191 Å². The molecule has 2 aromatic carbocycles. The smallest absolute Gasteiger partial charge is 0.329 e. The lowest BCUT2D eigenvalue weighted by atomic mass is 10.2. The molecular formula is C23H26N4O6. The van der Waals surface area contributed by atoms with Crippen LogP contribution in [0.25, 0.3) is 0 Å². The van der Waals surface area contributed by atoms with Crippen molar-refractivity contribution in [1.82, 2.24) is 10.3 Å². The molecule has 0 atom stereocenters. The molecule has 0 spiro atoms. The van der Waals surface area contributed by atoms with Crippen molar-refractivity contribution in [3.63, 3.8) is 0 Å². The van der Waals surface area contributed by atoms with E-state index in [4.69, 9.17) is 14.2 Å². The summed E-state index contributed by atoms with van der Waals surface area (Å²) >= 11 is 0. The SMILES string of the molecule is CCOc1ccccc1NC(=O)C(=O)N/N=C\c1ccccc1OCC(=O)N1CCOCC1. The minimum absolute atomic E-state index is 0.126. The maximum absolute atomic E-state index is 12.3. The van der Waals surface area contributed by atoms with E-state index >= 15 is 0 Å². The molecule has 0 aliphatic carbocycles. The first-order valence-corrected chi connectivity index (χ1v) is 10.5. The highest BCUT2D eigenvalue weighted by atomic mass is 16.5. The Bertz CT molecular complexity index is 1000. The van der Waals surface area contributed by atoms with E-state index in [-0.39, 0.29) is 12.5 Å². The molecule has 10 nitrogen and oxygen atoms in total. The van der Waals surface area contributed by atoms with Crippen LogP contribution in [-0.4, -0.2) is 68.4 Å². The number of para-hydroxylation sites is 3. The Morgan fingerprint density at radius 3 is 2.45 bits per heavy atom. The van der Waals surface area contributed by atoms with Crippen LogP contribution < -0.4 is 20.2 Å². The van der Waals surface area contributed by atoms with Crippen LogP contribution in [0.4, 0.5) is 5.69 Å². The van der Waals surface area contributed by atoms with Crippen molar-refractivity contribution in [2.24, 2.45) is 5.10 Å². The van der Waals surface area contributed by atoms with Crippen molar-refractivity contribution in [2.75, 3.05) is 44.8 Å². The molecule has 0 unspecified atom stereocenters. The topological polar surface area (TPSA) is 119 Å². The van der Waals surface area contributed by atoms with E-state index in [0.29, 0.717) is 55.7 Å². The number of morpholine rings is 1. The summed E-state index contributed by atoms with van der Waals surface area (Å²) < 4.78 is 16.3. The van der Waals surface area contributed by atoms with Crippen LogP contribution in [0.1, 0.15) is 12.5 Å². The van der Waals surface area contributed by atoms with Crippen molar-refractivity contribution in [3.8, 4) is 11.5 Å².